The van der Waals surface area contributed by atoms with Gasteiger partial charge in [0.2, 0.25) is 0 Å². The van der Waals surface area contributed by atoms with Crippen LogP contribution in [0.2, 0.25) is 0 Å². The number of carboxylic acid groups (broad SMARTS) is 1. The number of benzene rings is 3. The van der Waals surface area contributed by atoms with Gasteiger partial charge in [0.1, 0.15) is 17.6 Å². The summed E-state index contributed by atoms with van der Waals surface area (Å²) in [6, 6.07) is 17.8. The number of rotatable bonds is 8. The van der Waals surface area contributed by atoms with E-state index in [0.717, 1.165) is 39.5 Å². The normalized spacial score (nSPS) is 10.7. The molecule has 3 N–H and O–H groups in total. The molecule has 0 saturated heterocycles. The number of anilines is 2. The maximum atomic E-state index is 12.6. The highest BCUT2D eigenvalue weighted by molar-refractivity contribution is 9.10. The molecule has 0 spiro atoms. The molecule has 2 amide bonds. The van der Waals surface area contributed by atoms with Crippen molar-refractivity contribution in [2.45, 2.75) is 19.8 Å². The summed E-state index contributed by atoms with van der Waals surface area (Å²) in [6.45, 7) is 2.46. The first-order valence-electron chi connectivity index (χ1n) is 10.9. The Bertz CT molecular complexity index is 1380. The molecule has 35 heavy (non-hydrogen) atoms. The second-order valence-electron chi connectivity index (χ2n) is 7.84. The van der Waals surface area contributed by atoms with Gasteiger partial charge in [-0.25, -0.2) is 14.8 Å². The number of amides is 2. The zero-order valence-corrected chi connectivity index (χ0v) is 20.5. The number of fused-ring (bicyclic) bond motifs is 1. The number of hydrogen-bond acceptors (Lipinski definition) is 5. The molecule has 8 nitrogen and oxygen atoms in total. The quantitative estimate of drug-likeness (QED) is 0.237. The van der Waals surface area contributed by atoms with Gasteiger partial charge in [-0.05, 0) is 61.7 Å². The first kappa shape index (κ1) is 24.2. The largest absolute Gasteiger partial charge is 0.491 e. The molecule has 0 bridgehead atoms. The molecule has 0 atom stereocenters. The third-order valence-corrected chi connectivity index (χ3v) is 5.83. The van der Waals surface area contributed by atoms with Crippen molar-refractivity contribution < 1.29 is 19.4 Å². The number of aryl methyl sites for hydroxylation is 2. The van der Waals surface area contributed by atoms with Crippen LogP contribution in [0, 0.1) is 6.92 Å². The molecule has 0 aliphatic rings. The fourth-order valence-corrected chi connectivity index (χ4v) is 4.06. The fourth-order valence-electron chi connectivity index (χ4n) is 3.63. The Morgan fingerprint density at radius 2 is 1.71 bits per heavy atom. The number of nitrogens with one attached hydrogen (secondary N) is 2. The molecule has 0 fully saturated rings. The van der Waals surface area contributed by atoms with Gasteiger partial charge in [0.25, 0.3) is 5.91 Å². The standard InChI is InChI=1S/C26H23BrN4O4/c1-16-20-13-19(27)14-23(24(20)29-15-28-16)35-12-4-5-17-8-10-18(11-9-17)25(32)30-21-6-2-3-7-22(21)31-26(33)34/h2-3,6-11,13-15,31H,4-5,12H2,1H3,(H,30,32)(H,33,34). The molecule has 0 radical (unpaired) electrons. The molecule has 178 valence electrons. The molecular weight excluding hydrogens is 512 g/mol. The second kappa shape index (κ2) is 11.0. The van der Waals surface area contributed by atoms with E-state index in [1.807, 2.05) is 31.2 Å². The predicted molar refractivity (Wildman–Crippen MR) is 138 cm³/mol. The first-order valence-corrected chi connectivity index (χ1v) is 11.7. The summed E-state index contributed by atoms with van der Waals surface area (Å²) < 4.78 is 6.92. The Morgan fingerprint density at radius 3 is 2.43 bits per heavy atom. The van der Waals surface area contributed by atoms with E-state index in [9.17, 15) is 9.59 Å². The fraction of sp³-hybridized carbons (Fsp3) is 0.154. The summed E-state index contributed by atoms with van der Waals surface area (Å²) in [5.74, 6) is 0.392. The van der Waals surface area contributed by atoms with E-state index in [2.05, 4.69) is 36.5 Å². The van der Waals surface area contributed by atoms with E-state index in [-0.39, 0.29) is 5.91 Å². The number of para-hydroxylation sites is 2. The molecule has 0 saturated carbocycles. The molecule has 1 heterocycles. The van der Waals surface area contributed by atoms with E-state index in [1.54, 1.807) is 36.4 Å². The number of ether oxygens (including phenoxy) is 1. The van der Waals surface area contributed by atoms with Gasteiger partial charge in [-0.2, -0.15) is 0 Å². The molecule has 9 heteroatoms. The van der Waals surface area contributed by atoms with Crippen molar-refractivity contribution in [3.8, 4) is 5.75 Å². The van der Waals surface area contributed by atoms with E-state index in [0.29, 0.717) is 29.3 Å². The molecule has 0 aliphatic heterocycles. The lowest BCUT2D eigenvalue weighted by Crippen LogP contribution is -2.15. The van der Waals surface area contributed by atoms with Crippen LogP contribution >= 0.6 is 15.9 Å². The third kappa shape index (κ3) is 6.13. The first-order chi connectivity index (χ1) is 16.9. The number of aromatic nitrogens is 2. The zero-order valence-electron chi connectivity index (χ0n) is 18.9. The molecule has 1 aromatic heterocycles. The smallest absolute Gasteiger partial charge is 0.409 e. The predicted octanol–water partition coefficient (Wildman–Crippen LogP) is 6.05. The lowest BCUT2D eigenvalue weighted by atomic mass is 10.1. The maximum absolute atomic E-state index is 12.6. The van der Waals surface area contributed by atoms with Crippen molar-refractivity contribution in [2.75, 3.05) is 17.2 Å². The molecule has 0 unspecified atom stereocenters. The Hall–Kier alpha value is -3.98. The summed E-state index contributed by atoms with van der Waals surface area (Å²) in [5.41, 5.74) is 3.94. The molecular formula is C26H23BrN4O4. The van der Waals surface area contributed by atoms with Gasteiger partial charge in [-0.3, -0.25) is 10.1 Å². The van der Waals surface area contributed by atoms with Crippen molar-refractivity contribution in [1.82, 2.24) is 9.97 Å². The van der Waals surface area contributed by atoms with Gasteiger partial charge in [-0.15, -0.1) is 0 Å². The van der Waals surface area contributed by atoms with Crippen LogP contribution in [0.15, 0.2) is 71.5 Å². The zero-order chi connectivity index (χ0) is 24.8. The van der Waals surface area contributed by atoms with Crippen LogP contribution in [-0.2, 0) is 6.42 Å². The van der Waals surface area contributed by atoms with Crippen molar-refractivity contribution >= 4 is 50.2 Å². The lowest BCUT2D eigenvalue weighted by molar-refractivity contribution is 0.102. The van der Waals surface area contributed by atoms with Gasteiger partial charge < -0.3 is 15.2 Å². The highest BCUT2D eigenvalue weighted by Gasteiger charge is 2.11. The number of carbonyl (C=O) groups excluding carboxylic acids is 1. The monoisotopic (exact) mass is 534 g/mol. The van der Waals surface area contributed by atoms with Gasteiger partial charge in [-0.1, -0.05) is 40.2 Å². The molecule has 0 aliphatic carbocycles. The number of hydrogen-bond donors (Lipinski definition) is 3. The van der Waals surface area contributed by atoms with Crippen LogP contribution in [0.3, 0.4) is 0 Å². The van der Waals surface area contributed by atoms with E-state index < -0.39 is 6.09 Å². The van der Waals surface area contributed by atoms with Gasteiger partial charge in [0, 0.05) is 21.1 Å². The maximum Gasteiger partial charge on any atom is 0.409 e. The molecule has 3 aromatic carbocycles. The minimum Gasteiger partial charge on any atom is -0.491 e. The Labute approximate surface area is 210 Å². The van der Waals surface area contributed by atoms with E-state index in [4.69, 9.17) is 9.84 Å². The van der Waals surface area contributed by atoms with Crippen molar-refractivity contribution in [1.29, 1.82) is 0 Å². The lowest BCUT2D eigenvalue weighted by Gasteiger charge is -2.11. The van der Waals surface area contributed by atoms with Crippen LogP contribution < -0.4 is 15.4 Å². The minimum absolute atomic E-state index is 0.310. The Balaban J connectivity index is 1.33. The average Bonchev–Trinajstić information content (AvgIpc) is 2.83. The van der Waals surface area contributed by atoms with Crippen molar-refractivity contribution in [3.63, 3.8) is 0 Å². The highest BCUT2D eigenvalue weighted by atomic mass is 79.9. The molecule has 4 rings (SSSR count). The van der Waals surface area contributed by atoms with Crippen molar-refractivity contribution in [3.05, 3.63) is 88.3 Å². The summed E-state index contributed by atoms with van der Waals surface area (Å²) in [5, 5.41) is 14.9. The number of halogens is 1. The highest BCUT2D eigenvalue weighted by Crippen LogP contribution is 2.30. The second-order valence-corrected chi connectivity index (χ2v) is 8.75. The Kier molecular flexibility index (Phi) is 7.57. The minimum atomic E-state index is -1.20. The van der Waals surface area contributed by atoms with E-state index in [1.165, 1.54) is 6.33 Å². The van der Waals surface area contributed by atoms with Crippen LogP contribution in [0.5, 0.6) is 5.75 Å². The van der Waals surface area contributed by atoms with Gasteiger partial charge >= 0.3 is 6.09 Å². The van der Waals surface area contributed by atoms with Gasteiger partial charge in [0.05, 0.1) is 18.0 Å². The summed E-state index contributed by atoms with van der Waals surface area (Å²) in [6.07, 6.45) is 1.92. The van der Waals surface area contributed by atoms with Crippen molar-refractivity contribution in [2.24, 2.45) is 0 Å². The number of nitrogens with zero attached hydrogens (tertiary/aromatic N) is 2. The van der Waals surface area contributed by atoms with Crippen LogP contribution in [0.4, 0.5) is 16.2 Å². The summed E-state index contributed by atoms with van der Waals surface area (Å²) >= 11 is 3.52. The SMILES string of the molecule is Cc1ncnc2c(OCCCc3ccc(C(=O)Nc4ccccc4NC(=O)O)cc3)cc(Br)cc12. The van der Waals surface area contributed by atoms with Crippen LogP contribution in [0.1, 0.15) is 28.0 Å². The molecule has 4 aromatic rings. The topological polar surface area (TPSA) is 113 Å². The third-order valence-electron chi connectivity index (χ3n) is 5.37. The van der Waals surface area contributed by atoms with Crippen LogP contribution in [-0.4, -0.2) is 33.7 Å². The van der Waals surface area contributed by atoms with Crippen LogP contribution in [0.25, 0.3) is 10.9 Å². The van der Waals surface area contributed by atoms with Gasteiger partial charge in [0.15, 0.2) is 0 Å². The Morgan fingerprint density at radius 1 is 1.00 bits per heavy atom. The summed E-state index contributed by atoms with van der Waals surface area (Å²) in [7, 11) is 0. The number of carbonyl (C=O) groups is 2. The summed E-state index contributed by atoms with van der Waals surface area (Å²) in [4.78, 5) is 32.2. The van der Waals surface area contributed by atoms with E-state index >= 15 is 0 Å². The average molecular weight is 535 g/mol.